The first-order valence-electron chi connectivity index (χ1n) is 5.01. The number of hydrogen-bond donors (Lipinski definition) is 2. The van der Waals surface area contributed by atoms with E-state index in [1.807, 2.05) is 0 Å². The predicted molar refractivity (Wildman–Crippen MR) is 54.3 cm³/mol. The second-order valence-corrected chi connectivity index (χ2v) is 3.70. The molecule has 1 fully saturated rings. The molecular weight excluding hydrogens is 237 g/mol. The van der Waals surface area contributed by atoms with Gasteiger partial charge in [-0.2, -0.15) is 18.2 Å². The van der Waals surface area contributed by atoms with Gasteiger partial charge in [-0.3, -0.25) is 0 Å². The number of alkyl halides is 3. The van der Waals surface area contributed by atoms with Crippen LogP contribution < -0.4 is 11.1 Å². The van der Waals surface area contributed by atoms with Crippen molar-refractivity contribution >= 4 is 11.8 Å². The van der Waals surface area contributed by atoms with Crippen molar-refractivity contribution in [2.24, 2.45) is 0 Å². The lowest BCUT2D eigenvalue weighted by Crippen LogP contribution is -2.21. The number of nitrogens with zero attached hydrogens (tertiary/aromatic N) is 2. The summed E-state index contributed by atoms with van der Waals surface area (Å²) in [6.45, 7) is 1.04. The molecule has 17 heavy (non-hydrogen) atoms. The van der Waals surface area contributed by atoms with Crippen molar-refractivity contribution in [3.8, 4) is 0 Å². The number of halogens is 3. The first-order chi connectivity index (χ1) is 7.95. The molecule has 8 heteroatoms. The number of nitrogen functional groups attached to an aromatic ring is 1. The largest absolute Gasteiger partial charge is 0.433 e. The molecule has 0 spiro atoms. The highest BCUT2D eigenvalue weighted by Gasteiger charge is 2.33. The van der Waals surface area contributed by atoms with Crippen LogP contribution in [0.2, 0.25) is 0 Å². The van der Waals surface area contributed by atoms with Gasteiger partial charge in [0, 0.05) is 12.7 Å². The molecule has 1 unspecified atom stereocenters. The zero-order valence-electron chi connectivity index (χ0n) is 8.79. The molecule has 1 aromatic heterocycles. The van der Waals surface area contributed by atoms with E-state index in [-0.39, 0.29) is 11.9 Å². The highest BCUT2D eigenvalue weighted by Crippen LogP contribution is 2.29. The maximum atomic E-state index is 12.5. The summed E-state index contributed by atoms with van der Waals surface area (Å²) >= 11 is 0. The first-order valence-corrected chi connectivity index (χ1v) is 5.01. The first kappa shape index (κ1) is 11.9. The molecule has 0 aliphatic carbocycles. The molecule has 1 atom stereocenters. The molecule has 0 radical (unpaired) electrons. The number of nitrogens with one attached hydrogen (secondary N) is 1. The molecule has 2 rings (SSSR count). The Kier molecular flexibility index (Phi) is 3.05. The summed E-state index contributed by atoms with van der Waals surface area (Å²) in [7, 11) is 0. The van der Waals surface area contributed by atoms with Gasteiger partial charge in [-0.1, -0.05) is 0 Å². The number of anilines is 2. The minimum Gasteiger partial charge on any atom is -0.379 e. The highest BCUT2D eigenvalue weighted by atomic mass is 19.4. The van der Waals surface area contributed by atoms with Gasteiger partial charge in [0.1, 0.15) is 5.82 Å². The fraction of sp³-hybridized carbons (Fsp3) is 0.556. The van der Waals surface area contributed by atoms with Gasteiger partial charge in [0.05, 0.1) is 12.6 Å². The van der Waals surface area contributed by atoms with E-state index in [4.69, 9.17) is 10.5 Å². The average Bonchev–Trinajstić information content (AvgIpc) is 2.68. The van der Waals surface area contributed by atoms with E-state index < -0.39 is 17.8 Å². The topological polar surface area (TPSA) is 73.1 Å². The minimum atomic E-state index is -4.53. The van der Waals surface area contributed by atoms with Crippen LogP contribution in [-0.2, 0) is 10.9 Å². The summed E-state index contributed by atoms with van der Waals surface area (Å²) in [4.78, 5) is 6.86. The molecule has 1 aromatic rings. The fourth-order valence-electron chi connectivity index (χ4n) is 1.54. The van der Waals surface area contributed by atoms with E-state index in [2.05, 4.69) is 15.3 Å². The van der Waals surface area contributed by atoms with Crippen LogP contribution in [0.3, 0.4) is 0 Å². The second kappa shape index (κ2) is 4.36. The van der Waals surface area contributed by atoms with E-state index in [0.29, 0.717) is 13.2 Å². The molecule has 3 N–H and O–H groups in total. The molecule has 94 valence electrons. The summed E-state index contributed by atoms with van der Waals surface area (Å²) in [5.74, 6) is -0.332. The minimum absolute atomic E-state index is 0.0367. The van der Waals surface area contributed by atoms with Gasteiger partial charge < -0.3 is 15.8 Å². The van der Waals surface area contributed by atoms with Crippen LogP contribution in [0.4, 0.5) is 24.9 Å². The molecular formula is C9H11F3N4O. The van der Waals surface area contributed by atoms with Gasteiger partial charge in [-0.25, -0.2) is 4.98 Å². The predicted octanol–water partition coefficient (Wildman–Crippen LogP) is 1.28. The molecule has 0 aromatic carbocycles. The summed E-state index contributed by atoms with van der Waals surface area (Å²) in [5.41, 5.74) is 4.19. The van der Waals surface area contributed by atoms with Crippen molar-refractivity contribution in [2.45, 2.75) is 18.6 Å². The highest BCUT2D eigenvalue weighted by molar-refractivity contribution is 5.42. The Morgan fingerprint density at radius 2 is 2.18 bits per heavy atom. The normalized spacial score (nSPS) is 20.5. The van der Waals surface area contributed by atoms with Crippen molar-refractivity contribution in [1.82, 2.24) is 9.97 Å². The summed E-state index contributed by atoms with van der Waals surface area (Å²) in [6, 6.07) is 0.805. The summed E-state index contributed by atoms with van der Waals surface area (Å²) in [5, 5.41) is 2.84. The number of hydrogen-bond acceptors (Lipinski definition) is 5. The lowest BCUT2D eigenvalue weighted by Gasteiger charge is -2.13. The van der Waals surface area contributed by atoms with Crippen molar-refractivity contribution in [1.29, 1.82) is 0 Å². The summed E-state index contributed by atoms with van der Waals surface area (Å²) < 4.78 is 42.5. The molecule has 1 aliphatic rings. The van der Waals surface area contributed by atoms with Crippen LogP contribution in [0, 0.1) is 0 Å². The van der Waals surface area contributed by atoms with Crippen LogP contribution in [0.15, 0.2) is 6.07 Å². The number of ether oxygens (including phenoxy) is 1. The average molecular weight is 248 g/mol. The molecule has 2 heterocycles. The van der Waals surface area contributed by atoms with Crippen LogP contribution in [0.1, 0.15) is 12.1 Å². The van der Waals surface area contributed by atoms with Gasteiger partial charge in [0.2, 0.25) is 5.95 Å². The summed E-state index contributed by atoms with van der Waals surface area (Å²) in [6.07, 6.45) is -3.80. The smallest absolute Gasteiger partial charge is 0.379 e. The quantitative estimate of drug-likeness (QED) is 0.824. The van der Waals surface area contributed by atoms with Crippen LogP contribution in [0.5, 0.6) is 0 Å². The van der Waals surface area contributed by atoms with Gasteiger partial charge in [-0.15, -0.1) is 0 Å². The monoisotopic (exact) mass is 248 g/mol. The maximum Gasteiger partial charge on any atom is 0.433 e. The van der Waals surface area contributed by atoms with Gasteiger partial charge in [0.25, 0.3) is 0 Å². The third kappa shape index (κ3) is 2.96. The molecule has 1 aliphatic heterocycles. The van der Waals surface area contributed by atoms with E-state index >= 15 is 0 Å². The molecule has 0 saturated carbocycles. The Balaban J connectivity index is 2.19. The second-order valence-electron chi connectivity index (χ2n) is 3.70. The van der Waals surface area contributed by atoms with Crippen molar-refractivity contribution in [2.75, 3.05) is 24.3 Å². The zero-order valence-corrected chi connectivity index (χ0v) is 8.79. The van der Waals surface area contributed by atoms with Gasteiger partial charge in [-0.05, 0) is 6.42 Å². The van der Waals surface area contributed by atoms with Crippen LogP contribution in [0.25, 0.3) is 0 Å². The molecule has 0 amide bonds. The maximum absolute atomic E-state index is 12.5. The number of rotatable bonds is 2. The van der Waals surface area contributed by atoms with Crippen molar-refractivity contribution in [3.63, 3.8) is 0 Å². The van der Waals surface area contributed by atoms with E-state index in [0.717, 1.165) is 12.5 Å². The van der Waals surface area contributed by atoms with E-state index in [1.165, 1.54) is 0 Å². The Labute approximate surface area is 95.2 Å². The van der Waals surface area contributed by atoms with Gasteiger partial charge in [0.15, 0.2) is 5.69 Å². The fourth-order valence-corrected chi connectivity index (χ4v) is 1.54. The number of aromatic nitrogens is 2. The Bertz CT molecular complexity index is 404. The molecule has 1 saturated heterocycles. The third-order valence-corrected chi connectivity index (χ3v) is 2.32. The van der Waals surface area contributed by atoms with E-state index in [9.17, 15) is 13.2 Å². The zero-order chi connectivity index (χ0) is 12.5. The lowest BCUT2D eigenvalue weighted by molar-refractivity contribution is -0.141. The standard InChI is InChI=1S/C9H11F3N4O/c10-9(11,12)6-3-7(16-8(13)15-6)14-5-1-2-17-4-5/h3,5H,1-2,4H2,(H3,13,14,15,16). The number of nitrogens with two attached hydrogens (primary N) is 1. The third-order valence-electron chi connectivity index (χ3n) is 2.32. The Morgan fingerprint density at radius 1 is 1.41 bits per heavy atom. The van der Waals surface area contributed by atoms with Crippen molar-refractivity contribution < 1.29 is 17.9 Å². The van der Waals surface area contributed by atoms with Crippen LogP contribution in [-0.4, -0.2) is 29.2 Å². The lowest BCUT2D eigenvalue weighted by atomic mass is 10.2. The SMILES string of the molecule is Nc1nc(NC2CCOC2)cc(C(F)(F)F)n1. The van der Waals surface area contributed by atoms with Gasteiger partial charge >= 0.3 is 6.18 Å². The van der Waals surface area contributed by atoms with Crippen molar-refractivity contribution in [3.05, 3.63) is 11.8 Å². The molecule has 5 nitrogen and oxygen atoms in total. The Morgan fingerprint density at radius 3 is 2.76 bits per heavy atom. The van der Waals surface area contributed by atoms with E-state index in [1.54, 1.807) is 0 Å². The van der Waals surface area contributed by atoms with Crippen LogP contribution >= 0.6 is 0 Å². The Hall–Kier alpha value is -1.57. The molecule has 0 bridgehead atoms.